The van der Waals surface area contributed by atoms with Gasteiger partial charge in [0.1, 0.15) is 11.2 Å². The summed E-state index contributed by atoms with van der Waals surface area (Å²) in [5, 5.41) is 6.51. The van der Waals surface area contributed by atoms with E-state index in [1.54, 1.807) is 0 Å². The highest BCUT2D eigenvalue weighted by Crippen LogP contribution is 2.44. The van der Waals surface area contributed by atoms with Crippen LogP contribution in [0.4, 0.5) is 0 Å². The SMILES string of the molecule is c1ccc(-c2cccc(-c3ccc(-n4c5ccccc5c5ccc6c7ccccc7n(-c7nc(-c8ccccc8)nc(-c8cccc9oc%10cccc(-c%11ccccc%11)c%10c89)n7)c6c54)cc3)c2)cc1. The quantitative estimate of drug-likeness (QED) is 0.160. The summed E-state index contributed by atoms with van der Waals surface area (Å²) < 4.78 is 11.3. The highest BCUT2D eigenvalue weighted by molar-refractivity contribution is 6.24. The lowest BCUT2D eigenvalue weighted by atomic mass is 9.97. The molecule has 14 aromatic rings. The molecule has 0 aliphatic rings. The summed E-state index contributed by atoms with van der Waals surface area (Å²) in [7, 11) is 0. The molecule has 0 amide bonds. The van der Waals surface area contributed by atoms with Gasteiger partial charge in [0, 0.05) is 49.1 Å². The van der Waals surface area contributed by atoms with Crippen LogP contribution in [0.15, 0.2) is 241 Å². The van der Waals surface area contributed by atoms with Crippen molar-refractivity contribution < 1.29 is 4.42 Å². The fourth-order valence-corrected chi connectivity index (χ4v) is 10.5. The standard InChI is InChI=1S/C63H39N5O/c1-4-17-40(18-5-1)44-23-14-24-45(39-44)41-33-35-46(36-34-41)67-53-29-12-10-25-48(53)50-37-38-51-49-26-11-13-30-54(49)68(60(51)59(50)67)63-65-61(43-21-8-3-9-22-43)64-62(66-63)52-28-16-32-56-58(52)57-47(27-15-31-55(57)69-56)42-19-6-2-7-20-42/h1-39H. The molecular weight excluding hydrogens is 843 g/mol. The minimum Gasteiger partial charge on any atom is -0.456 e. The van der Waals surface area contributed by atoms with Crippen molar-refractivity contribution >= 4 is 65.6 Å². The van der Waals surface area contributed by atoms with E-state index in [4.69, 9.17) is 19.4 Å². The molecule has 6 heteroatoms. The molecule has 0 aliphatic heterocycles. The van der Waals surface area contributed by atoms with Crippen LogP contribution in [0.2, 0.25) is 0 Å². The Labute approximate surface area is 396 Å². The predicted molar refractivity (Wildman–Crippen MR) is 283 cm³/mol. The van der Waals surface area contributed by atoms with E-state index in [1.165, 1.54) is 22.1 Å². The van der Waals surface area contributed by atoms with Crippen molar-refractivity contribution in [1.82, 2.24) is 24.1 Å². The summed E-state index contributed by atoms with van der Waals surface area (Å²) in [5.41, 5.74) is 15.5. The van der Waals surface area contributed by atoms with Crippen LogP contribution < -0.4 is 0 Å². The molecule has 0 aliphatic carbocycles. The van der Waals surface area contributed by atoms with Gasteiger partial charge in [0.15, 0.2) is 11.6 Å². The summed E-state index contributed by atoms with van der Waals surface area (Å²) in [4.78, 5) is 16.3. The van der Waals surface area contributed by atoms with E-state index >= 15 is 0 Å². The van der Waals surface area contributed by atoms with E-state index in [-0.39, 0.29) is 0 Å². The van der Waals surface area contributed by atoms with Crippen LogP contribution in [0.25, 0.3) is 133 Å². The zero-order valence-corrected chi connectivity index (χ0v) is 37.2. The van der Waals surface area contributed by atoms with E-state index in [0.717, 1.165) is 93.7 Å². The van der Waals surface area contributed by atoms with E-state index in [2.05, 4.69) is 203 Å². The van der Waals surface area contributed by atoms with Crippen LogP contribution in [-0.4, -0.2) is 24.1 Å². The number of aromatic nitrogens is 5. The molecule has 69 heavy (non-hydrogen) atoms. The number of rotatable bonds is 7. The Kier molecular flexibility index (Phi) is 8.79. The van der Waals surface area contributed by atoms with Gasteiger partial charge in [-0.2, -0.15) is 9.97 Å². The molecular formula is C63H39N5O. The first-order valence-electron chi connectivity index (χ1n) is 23.3. The normalized spacial score (nSPS) is 11.8. The van der Waals surface area contributed by atoms with Crippen LogP contribution in [0, 0.1) is 0 Å². The summed E-state index contributed by atoms with van der Waals surface area (Å²) in [5.74, 6) is 1.66. The molecule has 14 rings (SSSR count). The maximum Gasteiger partial charge on any atom is 0.238 e. The average Bonchev–Trinajstić information content (AvgIpc) is 4.10. The third kappa shape index (κ3) is 6.23. The second kappa shape index (κ2) is 15.6. The first kappa shape index (κ1) is 38.8. The van der Waals surface area contributed by atoms with Gasteiger partial charge in [0.2, 0.25) is 5.95 Å². The molecule has 4 heterocycles. The molecule has 0 N–H and O–H groups in total. The number of furan rings is 1. The van der Waals surface area contributed by atoms with E-state index in [9.17, 15) is 0 Å². The Hall–Kier alpha value is -9.39. The first-order valence-corrected chi connectivity index (χ1v) is 23.3. The number of nitrogens with zero attached hydrogens (tertiary/aromatic N) is 5. The molecule has 0 radical (unpaired) electrons. The summed E-state index contributed by atoms with van der Waals surface area (Å²) in [6.45, 7) is 0. The molecule has 0 bridgehead atoms. The van der Waals surface area contributed by atoms with E-state index in [0.29, 0.717) is 17.6 Å². The van der Waals surface area contributed by atoms with Gasteiger partial charge in [-0.25, -0.2) is 4.98 Å². The molecule has 10 aromatic carbocycles. The maximum atomic E-state index is 6.62. The van der Waals surface area contributed by atoms with Gasteiger partial charge in [0.05, 0.1) is 22.1 Å². The van der Waals surface area contributed by atoms with Crippen LogP contribution in [-0.2, 0) is 0 Å². The molecule has 0 unspecified atom stereocenters. The molecule has 0 saturated carbocycles. The molecule has 4 aromatic heterocycles. The van der Waals surface area contributed by atoms with Crippen LogP contribution in [0.5, 0.6) is 0 Å². The summed E-state index contributed by atoms with van der Waals surface area (Å²) in [6.07, 6.45) is 0. The molecule has 0 saturated heterocycles. The Bertz CT molecular complexity index is 4280. The fourth-order valence-electron chi connectivity index (χ4n) is 10.5. The van der Waals surface area contributed by atoms with Crippen LogP contribution in [0.3, 0.4) is 0 Å². The van der Waals surface area contributed by atoms with Gasteiger partial charge < -0.3 is 8.98 Å². The molecule has 6 nitrogen and oxygen atoms in total. The van der Waals surface area contributed by atoms with Crippen molar-refractivity contribution in [3.05, 3.63) is 237 Å². The van der Waals surface area contributed by atoms with Gasteiger partial charge in [0.25, 0.3) is 0 Å². The van der Waals surface area contributed by atoms with Crippen molar-refractivity contribution in [3.63, 3.8) is 0 Å². The zero-order chi connectivity index (χ0) is 45.4. The van der Waals surface area contributed by atoms with Gasteiger partial charge >= 0.3 is 0 Å². The third-order valence-electron chi connectivity index (χ3n) is 13.6. The monoisotopic (exact) mass is 881 g/mol. The van der Waals surface area contributed by atoms with Crippen LogP contribution >= 0.6 is 0 Å². The average molecular weight is 882 g/mol. The van der Waals surface area contributed by atoms with Crippen molar-refractivity contribution in [2.24, 2.45) is 0 Å². The summed E-state index contributed by atoms with van der Waals surface area (Å²) in [6, 6.07) is 83.3. The third-order valence-corrected chi connectivity index (χ3v) is 13.6. The zero-order valence-electron chi connectivity index (χ0n) is 37.2. The van der Waals surface area contributed by atoms with Crippen molar-refractivity contribution in [2.45, 2.75) is 0 Å². The summed E-state index contributed by atoms with van der Waals surface area (Å²) >= 11 is 0. The highest BCUT2D eigenvalue weighted by atomic mass is 16.3. The second-order valence-corrected chi connectivity index (χ2v) is 17.5. The number of para-hydroxylation sites is 2. The Balaban J connectivity index is 1.03. The van der Waals surface area contributed by atoms with E-state index < -0.39 is 0 Å². The lowest BCUT2D eigenvalue weighted by Gasteiger charge is -2.14. The molecule has 0 atom stereocenters. The number of fused-ring (bicyclic) bond motifs is 10. The van der Waals surface area contributed by atoms with Gasteiger partial charge in [-0.15, -0.1) is 0 Å². The number of hydrogen-bond acceptors (Lipinski definition) is 4. The Morgan fingerprint density at radius 1 is 0.304 bits per heavy atom. The van der Waals surface area contributed by atoms with Gasteiger partial charge in [-0.1, -0.05) is 194 Å². The topological polar surface area (TPSA) is 61.7 Å². The van der Waals surface area contributed by atoms with Gasteiger partial charge in [-0.05, 0) is 75.8 Å². The van der Waals surface area contributed by atoms with Crippen molar-refractivity contribution in [2.75, 3.05) is 0 Å². The van der Waals surface area contributed by atoms with Gasteiger partial charge in [-0.3, -0.25) is 4.57 Å². The lowest BCUT2D eigenvalue weighted by Crippen LogP contribution is -2.07. The minimum absolute atomic E-state index is 0.524. The second-order valence-electron chi connectivity index (χ2n) is 17.5. The molecule has 0 spiro atoms. The van der Waals surface area contributed by atoms with Crippen molar-refractivity contribution in [1.29, 1.82) is 0 Å². The maximum absolute atomic E-state index is 6.62. The fraction of sp³-hybridized carbons (Fsp3) is 0. The largest absolute Gasteiger partial charge is 0.456 e. The molecule has 322 valence electrons. The van der Waals surface area contributed by atoms with Crippen molar-refractivity contribution in [3.8, 4) is 67.8 Å². The lowest BCUT2D eigenvalue weighted by molar-refractivity contribution is 0.669. The molecule has 0 fully saturated rings. The smallest absolute Gasteiger partial charge is 0.238 e. The number of benzene rings is 10. The number of hydrogen-bond donors (Lipinski definition) is 0. The first-order chi connectivity index (χ1) is 34.2. The van der Waals surface area contributed by atoms with E-state index in [1.807, 2.05) is 42.5 Å². The van der Waals surface area contributed by atoms with Crippen LogP contribution in [0.1, 0.15) is 0 Å². The Morgan fingerprint density at radius 2 is 0.783 bits per heavy atom. The highest BCUT2D eigenvalue weighted by Gasteiger charge is 2.25. The minimum atomic E-state index is 0.524. The Morgan fingerprint density at radius 3 is 1.43 bits per heavy atom. The predicted octanol–water partition coefficient (Wildman–Crippen LogP) is 16.3.